The topological polar surface area (TPSA) is 97.6 Å². The Kier molecular flexibility index (Phi) is 6.20. The fourth-order valence-corrected chi connectivity index (χ4v) is 3.19. The summed E-state index contributed by atoms with van der Waals surface area (Å²) < 4.78 is 69.9. The summed E-state index contributed by atoms with van der Waals surface area (Å²) in [5.41, 5.74) is 5.13. The van der Waals surface area contributed by atoms with Gasteiger partial charge in [0.1, 0.15) is 22.7 Å². The van der Waals surface area contributed by atoms with E-state index >= 15 is 0 Å². The first-order valence-electron chi connectivity index (χ1n) is 8.63. The second-order valence-corrected chi connectivity index (χ2v) is 6.94. The number of nitrogens with one attached hydrogen (secondary N) is 1. The quantitative estimate of drug-likeness (QED) is 0.507. The van der Waals surface area contributed by atoms with Crippen LogP contribution in [-0.4, -0.2) is 47.2 Å². The summed E-state index contributed by atoms with van der Waals surface area (Å²) in [4.78, 5) is 28.7. The molecule has 1 saturated heterocycles. The van der Waals surface area contributed by atoms with E-state index in [4.69, 9.17) is 17.3 Å². The Labute approximate surface area is 176 Å². The third kappa shape index (κ3) is 4.95. The van der Waals surface area contributed by atoms with E-state index < -0.39 is 53.5 Å². The number of ether oxygens (including phenoxy) is 1. The summed E-state index contributed by atoms with van der Waals surface area (Å²) in [5.74, 6) is -3.38. The Hall–Kier alpha value is -3.15. The lowest BCUT2D eigenvalue weighted by Crippen LogP contribution is -2.39. The van der Waals surface area contributed by atoms with Crippen molar-refractivity contribution in [3.05, 3.63) is 58.2 Å². The molecule has 3 N–H and O–H groups in total. The van der Waals surface area contributed by atoms with Gasteiger partial charge in [-0.05, 0) is 17.7 Å². The second kappa shape index (κ2) is 8.53. The number of alkyl halides is 3. The highest BCUT2D eigenvalue weighted by Gasteiger charge is 2.39. The number of halogens is 6. The van der Waals surface area contributed by atoms with Gasteiger partial charge in [-0.15, -0.1) is 0 Å². The molecule has 0 saturated carbocycles. The molecule has 0 aliphatic carbocycles. The number of hydrogen-bond donors (Lipinski definition) is 2. The number of primary amides is 1. The summed E-state index contributed by atoms with van der Waals surface area (Å²) in [5, 5.41) is 1.52. The zero-order chi connectivity index (χ0) is 22.9. The maximum atomic E-state index is 14.8. The second-order valence-electron chi connectivity index (χ2n) is 6.56. The minimum Gasteiger partial charge on any atom is -0.468 e. The van der Waals surface area contributed by atoms with Gasteiger partial charge in [0, 0.05) is 17.8 Å². The summed E-state index contributed by atoms with van der Waals surface area (Å²) in [6, 6.07) is 1.21. The number of pyridine rings is 1. The van der Waals surface area contributed by atoms with Crippen LogP contribution in [-0.2, 0) is 4.79 Å². The van der Waals surface area contributed by atoms with Crippen LogP contribution in [0.25, 0.3) is 0 Å². The predicted molar refractivity (Wildman–Crippen MR) is 97.2 cm³/mol. The highest BCUT2D eigenvalue weighted by molar-refractivity contribution is 6.31. The largest absolute Gasteiger partial charge is 0.468 e. The van der Waals surface area contributed by atoms with Gasteiger partial charge in [0.25, 0.3) is 0 Å². The summed E-state index contributed by atoms with van der Waals surface area (Å²) in [7, 11) is 0. The fourth-order valence-electron chi connectivity index (χ4n) is 3.02. The van der Waals surface area contributed by atoms with Crippen LogP contribution in [0.15, 0.2) is 30.5 Å². The average molecular weight is 465 g/mol. The van der Waals surface area contributed by atoms with E-state index in [1.165, 1.54) is 6.07 Å². The third-order valence-corrected chi connectivity index (χ3v) is 4.76. The Morgan fingerprint density at radius 2 is 2.03 bits per heavy atom. The van der Waals surface area contributed by atoms with Crippen molar-refractivity contribution in [2.75, 3.05) is 13.2 Å². The summed E-state index contributed by atoms with van der Waals surface area (Å²) in [6.45, 7) is -1.82. The highest BCUT2D eigenvalue weighted by atomic mass is 35.5. The Morgan fingerprint density at radius 1 is 1.32 bits per heavy atom. The van der Waals surface area contributed by atoms with Gasteiger partial charge < -0.3 is 20.7 Å². The van der Waals surface area contributed by atoms with Gasteiger partial charge in [-0.2, -0.15) is 13.2 Å². The molecule has 1 aliphatic heterocycles. The molecule has 31 heavy (non-hydrogen) atoms. The lowest BCUT2D eigenvalue weighted by Gasteiger charge is -2.28. The number of carbonyl (C=O) groups excluding carboxylic acids is 2. The molecule has 7 nitrogen and oxygen atoms in total. The molecule has 166 valence electrons. The molecule has 1 aliphatic rings. The number of benzene rings is 1. The van der Waals surface area contributed by atoms with E-state index in [1.54, 1.807) is 0 Å². The first-order valence-corrected chi connectivity index (χ1v) is 9.01. The molecule has 0 spiro atoms. The van der Waals surface area contributed by atoms with Crippen LogP contribution < -0.4 is 15.8 Å². The maximum Gasteiger partial charge on any atom is 0.422 e. The van der Waals surface area contributed by atoms with Gasteiger partial charge in [0.2, 0.25) is 11.8 Å². The van der Waals surface area contributed by atoms with Crippen LogP contribution in [0.1, 0.15) is 17.2 Å². The number of carbonyl (C=O) groups is 2. The number of nitrogens with zero attached hydrogens (tertiary/aromatic N) is 2. The Morgan fingerprint density at radius 3 is 2.58 bits per heavy atom. The van der Waals surface area contributed by atoms with Crippen molar-refractivity contribution in [2.24, 2.45) is 5.73 Å². The normalized spacial score (nSPS) is 17.4. The highest BCUT2D eigenvalue weighted by Crippen LogP contribution is 2.35. The molecule has 0 bridgehead atoms. The van der Waals surface area contributed by atoms with Crippen molar-refractivity contribution in [1.82, 2.24) is 15.2 Å². The van der Waals surface area contributed by atoms with Crippen molar-refractivity contribution in [3.8, 4) is 5.88 Å². The fraction of sp³-hybridized carbons (Fsp3) is 0.278. The van der Waals surface area contributed by atoms with E-state index in [-0.39, 0.29) is 23.6 Å². The number of nitrogens with two attached hydrogens (primary N) is 1. The number of rotatable bonds is 6. The molecular formula is C18H14ClF5N4O3. The van der Waals surface area contributed by atoms with Gasteiger partial charge in [-0.1, -0.05) is 17.7 Å². The van der Waals surface area contributed by atoms with E-state index in [9.17, 15) is 31.5 Å². The molecule has 1 fully saturated rings. The maximum absolute atomic E-state index is 14.8. The molecule has 2 atom stereocenters. The molecule has 3 amide bonds. The SMILES string of the molecule is NC(=O)C1CN([C@H](c2ccc(OCC(F)(F)F)nc2)c2ccc(F)c(Cl)c2F)C(=O)N1. The van der Waals surface area contributed by atoms with Crippen LogP contribution in [0.2, 0.25) is 5.02 Å². The van der Waals surface area contributed by atoms with Gasteiger partial charge in [-0.3, -0.25) is 4.79 Å². The summed E-state index contributed by atoms with van der Waals surface area (Å²) >= 11 is 5.66. The average Bonchev–Trinajstić information content (AvgIpc) is 3.08. The van der Waals surface area contributed by atoms with Gasteiger partial charge in [0.05, 0.1) is 12.6 Å². The van der Waals surface area contributed by atoms with Gasteiger partial charge >= 0.3 is 12.2 Å². The first kappa shape index (κ1) is 22.5. The molecule has 3 rings (SSSR count). The van der Waals surface area contributed by atoms with Crippen molar-refractivity contribution in [3.63, 3.8) is 0 Å². The number of urea groups is 1. The van der Waals surface area contributed by atoms with Crippen molar-refractivity contribution in [1.29, 1.82) is 0 Å². The Balaban J connectivity index is 2.00. The zero-order valence-electron chi connectivity index (χ0n) is 15.4. The number of amides is 3. The molecule has 0 radical (unpaired) electrons. The smallest absolute Gasteiger partial charge is 0.422 e. The monoisotopic (exact) mass is 464 g/mol. The first-order chi connectivity index (χ1) is 14.5. The lowest BCUT2D eigenvalue weighted by molar-refractivity contribution is -0.154. The van der Waals surface area contributed by atoms with Crippen molar-refractivity contribution < 1.29 is 36.3 Å². The molecule has 13 heteroatoms. The minimum absolute atomic E-state index is 0.140. The molecule has 1 unspecified atom stereocenters. The minimum atomic E-state index is -4.58. The van der Waals surface area contributed by atoms with Crippen LogP contribution in [0, 0.1) is 11.6 Å². The van der Waals surface area contributed by atoms with Gasteiger partial charge in [-0.25, -0.2) is 18.6 Å². The standard InChI is InChI=1S/C18H14ClF5N4O3/c19-13-10(20)3-2-9(14(13)21)15(28-6-11(16(25)29)27-17(28)30)8-1-4-12(26-5-8)31-7-18(22,23)24/h1-5,11,15H,6-7H2,(H2,25,29)(H,27,30)/t11?,15-/m1/s1. The number of hydrogen-bond acceptors (Lipinski definition) is 4. The molecule has 2 aromatic rings. The molecular weight excluding hydrogens is 451 g/mol. The number of aromatic nitrogens is 1. The lowest BCUT2D eigenvalue weighted by atomic mass is 9.97. The molecule has 2 heterocycles. The van der Waals surface area contributed by atoms with Crippen LogP contribution >= 0.6 is 11.6 Å². The van der Waals surface area contributed by atoms with Crippen LogP contribution in [0.3, 0.4) is 0 Å². The third-order valence-electron chi connectivity index (χ3n) is 4.41. The van der Waals surface area contributed by atoms with Gasteiger partial charge in [0.15, 0.2) is 6.61 Å². The molecule has 1 aromatic carbocycles. The predicted octanol–water partition coefficient (Wildman–Crippen LogP) is 2.92. The van der Waals surface area contributed by atoms with Crippen molar-refractivity contribution >= 4 is 23.5 Å². The Bertz CT molecular complexity index is 1000. The van der Waals surface area contributed by atoms with E-state index in [1.807, 2.05) is 0 Å². The van der Waals surface area contributed by atoms with Crippen LogP contribution in [0.5, 0.6) is 5.88 Å². The molecule has 1 aromatic heterocycles. The van der Waals surface area contributed by atoms with E-state index in [0.29, 0.717) is 0 Å². The van der Waals surface area contributed by atoms with Crippen LogP contribution in [0.4, 0.5) is 26.7 Å². The van der Waals surface area contributed by atoms with E-state index in [2.05, 4.69) is 15.0 Å². The van der Waals surface area contributed by atoms with E-state index in [0.717, 1.165) is 29.3 Å². The van der Waals surface area contributed by atoms with Crippen molar-refractivity contribution in [2.45, 2.75) is 18.3 Å². The summed E-state index contributed by atoms with van der Waals surface area (Å²) in [6.07, 6.45) is -3.51. The zero-order valence-corrected chi connectivity index (χ0v) is 16.2.